The summed E-state index contributed by atoms with van der Waals surface area (Å²) in [4.78, 5) is 14.3. The number of likely N-dealkylation sites (tertiary alicyclic amines) is 1. The molecular weight excluding hydrogens is 307 g/mol. The van der Waals surface area contributed by atoms with E-state index in [1.807, 2.05) is 0 Å². The SMILES string of the molecule is Cc1ccc(C(=O)N2CC3CC(NS(C)(=O)=O)C2C3)cc1F. The molecule has 0 radical (unpaired) electrons. The maximum Gasteiger partial charge on any atom is 0.254 e. The lowest BCUT2D eigenvalue weighted by Gasteiger charge is -2.33. The van der Waals surface area contributed by atoms with E-state index in [4.69, 9.17) is 0 Å². The van der Waals surface area contributed by atoms with Gasteiger partial charge in [0.15, 0.2) is 0 Å². The molecule has 1 amide bonds. The third kappa shape index (κ3) is 2.87. The Morgan fingerprint density at radius 2 is 2.09 bits per heavy atom. The van der Waals surface area contributed by atoms with Gasteiger partial charge in [0.1, 0.15) is 5.82 Å². The van der Waals surface area contributed by atoms with Crippen molar-refractivity contribution in [2.75, 3.05) is 12.8 Å². The number of carbonyl (C=O) groups excluding carboxylic acids is 1. The van der Waals surface area contributed by atoms with Crippen molar-refractivity contribution < 1.29 is 17.6 Å². The number of hydrogen-bond acceptors (Lipinski definition) is 3. The Bertz CT molecular complexity index is 719. The Morgan fingerprint density at radius 1 is 1.36 bits per heavy atom. The number of benzene rings is 1. The van der Waals surface area contributed by atoms with Crippen LogP contribution < -0.4 is 4.72 Å². The highest BCUT2D eigenvalue weighted by Crippen LogP contribution is 2.38. The van der Waals surface area contributed by atoms with Crippen molar-refractivity contribution in [2.45, 2.75) is 31.8 Å². The highest BCUT2D eigenvalue weighted by molar-refractivity contribution is 7.88. The molecule has 1 aliphatic carbocycles. The molecule has 5 nitrogen and oxygen atoms in total. The van der Waals surface area contributed by atoms with Crippen LogP contribution in [0.2, 0.25) is 0 Å². The summed E-state index contributed by atoms with van der Waals surface area (Å²) in [6.45, 7) is 2.26. The predicted molar refractivity (Wildman–Crippen MR) is 80.5 cm³/mol. The van der Waals surface area contributed by atoms with Crippen molar-refractivity contribution in [3.05, 3.63) is 35.1 Å². The molecular formula is C15H19FN2O3S. The first kappa shape index (κ1) is 15.4. The van der Waals surface area contributed by atoms with E-state index in [0.717, 1.165) is 19.1 Å². The molecule has 2 bridgehead atoms. The number of nitrogens with zero attached hydrogens (tertiary/aromatic N) is 1. The van der Waals surface area contributed by atoms with Gasteiger partial charge < -0.3 is 4.90 Å². The minimum absolute atomic E-state index is 0.142. The quantitative estimate of drug-likeness (QED) is 0.910. The number of fused-ring (bicyclic) bond motifs is 2. The standard InChI is InChI=1S/C15H19FN2O3S/c1-9-3-4-11(7-12(9)16)15(19)18-8-10-5-13(14(18)6-10)17-22(2,20)21/h3-4,7,10,13-14,17H,5-6,8H2,1-2H3. The van der Waals surface area contributed by atoms with Crippen LogP contribution in [-0.2, 0) is 10.0 Å². The maximum absolute atomic E-state index is 13.7. The van der Waals surface area contributed by atoms with E-state index in [1.165, 1.54) is 6.07 Å². The van der Waals surface area contributed by atoms with Gasteiger partial charge in [-0.1, -0.05) is 6.07 Å². The smallest absolute Gasteiger partial charge is 0.254 e. The van der Waals surface area contributed by atoms with Gasteiger partial charge in [0.2, 0.25) is 10.0 Å². The van der Waals surface area contributed by atoms with Crippen LogP contribution in [-0.4, -0.2) is 44.1 Å². The molecule has 120 valence electrons. The zero-order chi connectivity index (χ0) is 16.1. The minimum Gasteiger partial charge on any atom is -0.334 e. The molecule has 1 N–H and O–H groups in total. The van der Waals surface area contributed by atoms with Gasteiger partial charge in [0, 0.05) is 24.2 Å². The van der Waals surface area contributed by atoms with E-state index in [1.54, 1.807) is 24.0 Å². The fourth-order valence-electron chi connectivity index (χ4n) is 3.55. The van der Waals surface area contributed by atoms with Gasteiger partial charge >= 0.3 is 0 Å². The van der Waals surface area contributed by atoms with Gasteiger partial charge in [-0.2, -0.15) is 0 Å². The fraction of sp³-hybridized carbons (Fsp3) is 0.533. The number of piperidine rings is 1. The maximum atomic E-state index is 13.7. The largest absolute Gasteiger partial charge is 0.334 e. The van der Waals surface area contributed by atoms with Crippen molar-refractivity contribution in [1.29, 1.82) is 0 Å². The monoisotopic (exact) mass is 326 g/mol. The van der Waals surface area contributed by atoms with Crippen LogP contribution in [0.25, 0.3) is 0 Å². The lowest BCUT2D eigenvalue weighted by atomic mass is 10.0. The lowest BCUT2D eigenvalue weighted by molar-refractivity contribution is 0.0677. The number of hydrogen-bond donors (Lipinski definition) is 1. The van der Waals surface area contributed by atoms with Crippen LogP contribution in [0.3, 0.4) is 0 Å². The molecule has 3 atom stereocenters. The van der Waals surface area contributed by atoms with Crippen LogP contribution >= 0.6 is 0 Å². The number of halogens is 1. The summed E-state index contributed by atoms with van der Waals surface area (Å²) < 4.78 is 39.1. The first-order valence-corrected chi connectivity index (χ1v) is 9.18. The Kier molecular flexibility index (Phi) is 3.72. The van der Waals surface area contributed by atoms with Crippen LogP contribution in [0.4, 0.5) is 4.39 Å². The Balaban J connectivity index is 1.80. The fourth-order valence-corrected chi connectivity index (χ4v) is 4.36. The highest BCUT2D eigenvalue weighted by Gasteiger charge is 2.47. The van der Waals surface area contributed by atoms with Gasteiger partial charge in [-0.3, -0.25) is 4.79 Å². The van der Waals surface area contributed by atoms with Crippen molar-refractivity contribution in [3.63, 3.8) is 0 Å². The van der Waals surface area contributed by atoms with E-state index in [2.05, 4.69) is 4.72 Å². The molecule has 1 aliphatic heterocycles. The summed E-state index contributed by atoms with van der Waals surface area (Å²) in [7, 11) is -3.30. The zero-order valence-electron chi connectivity index (χ0n) is 12.5. The lowest BCUT2D eigenvalue weighted by Crippen LogP contribution is -2.51. The summed E-state index contributed by atoms with van der Waals surface area (Å²) in [5.74, 6) is -0.323. The van der Waals surface area contributed by atoms with Crippen molar-refractivity contribution in [2.24, 2.45) is 5.92 Å². The number of rotatable bonds is 3. The van der Waals surface area contributed by atoms with Gasteiger partial charge in [-0.05, 0) is 43.4 Å². The van der Waals surface area contributed by atoms with E-state index < -0.39 is 15.8 Å². The van der Waals surface area contributed by atoms with Crippen LogP contribution in [0.15, 0.2) is 18.2 Å². The molecule has 1 heterocycles. The molecule has 3 unspecified atom stereocenters. The molecule has 1 aromatic rings. The molecule has 2 fully saturated rings. The average Bonchev–Trinajstić information content (AvgIpc) is 2.98. The Labute approximate surface area is 129 Å². The molecule has 2 aliphatic rings. The first-order chi connectivity index (χ1) is 10.2. The highest BCUT2D eigenvalue weighted by atomic mass is 32.2. The number of sulfonamides is 1. The number of carbonyl (C=O) groups is 1. The van der Waals surface area contributed by atoms with E-state index in [0.29, 0.717) is 23.6 Å². The normalized spacial score (nSPS) is 27.4. The summed E-state index contributed by atoms with van der Waals surface area (Å²) in [5.41, 5.74) is 0.810. The first-order valence-electron chi connectivity index (χ1n) is 7.29. The predicted octanol–water partition coefficient (Wildman–Crippen LogP) is 1.29. The van der Waals surface area contributed by atoms with Gasteiger partial charge in [-0.25, -0.2) is 17.5 Å². The van der Waals surface area contributed by atoms with E-state index >= 15 is 0 Å². The van der Waals surface area contributed by atoms with Crippen molar-refractivity contribution in [1.82, 2.24) is 9.62 Å². The van der Waals surface area contributed by atoms with Crippen LogP contribution in [0.1, 0.15) is 28.8 Å². The topological polar surface area (TPSA) is 66.5 Å². The number of amides is 1. The van der Waals surface area contributed by atoms with Crippen LogP contribution in [0, 0.1) is 18.7 Å². The molecule has 0 aromatic heterocycles. The minimum atomic E-state index is -3.30. The molecule has 1 saturated carbocycles. The van der Waals surface area contributed by atoms with E-state index in [-0.39, 0.29) is 18.0 Å². The molecule has 1 saturated heterocycles. The molecule has 7 heteroatoms. The second-order valence-electron chi connectivity index (χ2n) is 6.32. The molecule has 3 rings (SSSR count). The molecule has 22 heavy (non-hydrogen) atoms. The van der Waals surface area contributed by atoms with Gasteiger partial charge in [0.05, 0.1) is 6.26 Å². The van der Waals surface area contributed by atoms with Crippen LogP contribution in [0.5, 0.6) is 0 Å². The Morgan fingerprint density at radius 3 is 2.68 bits per heavy atom. The average molecular weight is 326 g/mol. The zero-order valence-corrected chi connectivity index (χ0v) is 13.4. The summed E-state index contributed by atoms with van der Waals surface area (Å²) in [5, 5.41) is 0. The Hall–Kier alpha value is -1.47. The summed E-state index contributed by atoms with van der Waals surface area (Å²) in [6.07, 6.45) is 2.68. The second kappa shape index (κ2) is 5.31. The van der Waals surface area contributed by atoms with Crippen molar-refractivity contribution >= 4 is 15.9 Å². The van der Waals surface area contributed by atoms with Gasteiger partial charge in [-0.15, -0.1) is 0 Å². The van der Waals surface area contributed by atoms with Crippen molar-refractivity contribution in [3.8, 4) is 0 Å². The molecule has 0 spiro atoms. The third-order valence-electron chi connectivity index (χ3n) is 4.53. The van der Waals surface area contributed by atoms with Gasteiger partial charge in [0.25, 0.3) is 5.91 Å². The number of aryl methyl sites for hydroxylation is 1. The molecule has 1 aromatic carbocycles. The third-order valence-corrected chi connectivity index (χ3v) is 5.26. The van der Waals surface area contributed by atoms with E-state index in [9.17, 15) is 17.6 Å². The second-order valence-corrected chi connectivity index (χ2v) is 8.10. The summed E-state index contributed by atoms with van der Waals surface area (Å²) in [6, 6.07) is 4.07. The number of nitrogens with one attached hydrogen (secondary N) is 1. The summed E-state index contributed by atoms with van der Waals surface area (Å²) >= 11 is 0.